The van der Waals surface area contributed by atoms with Crippen LogP contribution in [-0.4, -0.2) is 6.67 Å². The van der Waals surface area contributed by atoms with E-state index in [1.54, 1.807) is 0 Å². The van der Waals surface area contributed by atoms with Crippen LogP contribution >= 0.6 is 0 Å². The molecule has 0 saturated carbocycles. The number of nitroso groups, excluding NO2 is 1. The zero-order chi connectivity index (χ0) is 4.83. The Morgan fingerprint density at radius 1 is 1.83 bits per heavy atom. The highest BCUT2D eigenvalue weighted by Crippen LogP contribution is 1.37. The number of nitrogens with two attached hydrogens (primary N) is 1. The lowest BCUT2D eigenvalue weighted by Crippen LogP contribution is -2.31. The summed E-state index contributed by atoms with van der Waals surface area (Å²) in [5, 5.41) is 2.23. The van der Waals surface area contributed by atoms with Crippen LogP contribution in [0, 0.1) is 4.91 Å². The van der Waals surface area contributed by atoms with Gasteiger partial charge in [0.1, 0.15) is 0 Å². The van der Waals surface area contributed by atoms with Crippen molar-refractivity contribution in [1.29, 1.82) is 0 Å². The van der Waals surface area contributed by atoms with Crippen LogP contribution in [0.15, 0.2) is 5.29 Å². The van der Waals surface area contributed by atoms with Gasteiger partial charge in [-0.05, 0) is 0 Å². The number of hydrogen-bond acceptors (Lipinski definition) is 4. The standard InChI is InChI=1S/CH6N4O/c2-1-3-4-5-6/h1-2H2,(H,3,5)(H,4,6). The van der Waals surface area contributed by atoms with Crippen LogP contribution in [0.2, 0.25) is 0 Å². The Morgan fingerprint density at radius 2 is 2.50 bits per heavy atom. The van der Waals surface area contributed by atoms with Crippen LogP contribution in [0.4, 0.5) is 0 Å². The summed E-state index contributed by atoms with van der Waals surface area (Å²) in [4.78, 5) is 9.08. The molecular formula is CH6N4O. The van der Waals surface area contributed by atoms with E-state index in [4.69, 9.17) is 10.6 Å². The summed E-state index contributed by atoms with van der Waals surface area (Å²) in [5.41, 5.74) is 8.98. The van der Waals surface area contributed by atoms with Gasteiger partial charge in [0, 0.05) is 0 Å². The molecule has 0 saturated heterocycles. The maximum atomic E-state index is 9.08. The van der Waals surface area contributed by atoms with Gasteiger partial charge >= 0.3 is 0 Å². The molecule has 0 aromatic heterocycles. The minimum Gasteiger partial charge on any atom is -0.317 e. The van der Waals surface area contributed by atoms with Gasteiger partial charge in [-0.3, -0.25) is 0 Å². The third-order valence-electron chi connectivity index (χ3n) is 0.227. The number of rotatable bonds is 3. The third-order valence-corrected chi connectivity index (χ3v) is 0.227. The van der Waals surface area contributed by atoms with E-state index in [9.17, 15) is 0 Å². The second-order valence-electron chi connectivity index (χ2n) is 0.584. The first kappa shape index (κ1) is 5.32. The first-order chi connectivity index (χ1) is 2.91. The van der Waals surface area contributed by atoms with Crippen LogP contribution in [0.3, 0.4) is 0 Å². The molecule has 6 heavy (non-hydrogen) atoms. The normalized spacial score (nSPS) is 7.50. The lowest BCUT2D eigenvalue weighted by atomic mass is 11.2. The van der Waals surface area contributed by atoms with Gasteiger partial charge in [-0.1, -0.05) is 0 Å². The van der Waals surface area contributed by atoms with E-state index in [-0.39, 0.29) is 6.67 Å². The molecule has 0 spiro atoms. The molecule has 0 rings (SSSR count). The molecular weight excluding hydrogens is 84.0 g/mol. The molecule has 0 atom stereocenters. The van der Waals surface area contributed by atoms with Gasteiger partial charge in [0.2, 0.25) is 0 Å². The van der Waals surface area contributed by atoms with Crippen molar-refractivity contribution in [2.45, 2.75) is 0 Å². The molecule has 5 heteroatoms. The Morgan fingerprint density at radius 3 is 2.67 bits per heavy atom. The first-order valence-electron chi connectivity index (χ1n) is 1.42. The quantitative estimate of drug-likeness (QED) is 0.174. The molecule has 0 aliphatic rings. The summed E-state index contributed by atoms with van der Waals surface area (Å²) in [6, 6.07) is 0. The van der Waals surface area contributed by atoms with Crippen molar-refractivity contribution in [1.82, 2.24) is 11.0 Å². The summed E-state index contributed by atoms with van der Waals surface area (Å²) in [6.07, 6.45) is 0. The molecule has 0 aliphatic heterocycles. The largest absolute Gasteiger partial charge is 0.317 e. The maximum absolute atomic E-state index is 9.08. The van der Waals surface area contributed by atoms with Gasteiger partial charge in [-0.15, -0.1) is 4.91 Å². The fourth-order valence-corrected chi connectivity index (χ4v) is 0.0779. The van der Waals surface area contributed by atoms with E-state index in [0.717, 1.165) is 0 Å². The predicted molar refractivity (Wildman–Crippen MR) is 21.1 cm³/mol. The van der Waals surface area contributed by atoms with E-state index >= 15 is 0 Å². The molecule has 0 aromatic rings. The highest BCUT2D eigenvalue weighted by Gasteiger charge is 1.65. The number of nitrogens with zero attached hydrogens (tertiary/aromatic N) is 1. The van der Waals surface area contributed by atoms with Gasteiger partial charge in [0.05, 0.1) is 12.0 Å². The van der Waals surface area contributed by atoms with E-state index in [0.29, 0.717) is 0 Å². The van der Waals surface area contributed by atoms with E-state index in [1.165, 1.54) is 0 Å². The maximum Gasteiger partial charge on any atom is 0.0656 e. The molecule has 0 fully saturated rings. The fraction of sp³-hybridized carbons (Fsp3) is 1.00. The van der Waals surface area contributed by atoms with E-state index in [1.807, 2.05) is 5.53 Å². The smallest absolute Gasteiger partial charge is 0.0656 e. The Bertz CT molecular complexity index is 36.5. The molecule has 0 bridgehead atoms. The predicted octanol–water partition coefficient (Wildman–Crippen LogP) is -1.32. The van der Waals surface area contributed by atoms with Crippen LogP contribution in [0.25, 0.3) is 0 Å². The lowest BCUT2D eigenvalue weighted by Gasteiger charge is -1.89. The molecule has 0 aromatic carbocycles. The van der Waals surface area contributed by atoms with Crippen LogP contribution in [0.5, 0.6) is 0 Å². The average Bonchev–Trinajstić information content (AvgIpc) is 1.61. The number of hydrogen-bond donors (Lipinski definition) is 3. The average molecular weight is 90.1 g/mol. The minimum atomic E-state index is 0.200. The summed E-state index contributed by atoms with van der Waals surface area (Å²) in [7, 11) is 0. The molecule has 36 valence electrons. The van der Waals surface area contributed by atoms with Crippen molar-refractivity contribution in [2.75, 3.05) is 6.67 Å². The van der Waals surface area contributed by atoms with Gasteiger partial charge in [-0.25, -0.2) is 11.0 Å². The van der Waals surface area contributed by atoms with Crippen LogP contribution in [0.1, 0.15) is 0 Å². The SMILES string of the molecule is NCNNN=O. The Balaban J connectivity index is 2.49. The van der Waals surface area contributed by atoms with Crippen molar-refractivity contribution in [3.8, 4) is 0 Å². The van der Waals surface area contributed by atoms with Gasteiger partial charge in [0.25, 0.3) is 0 Å². The van der Waals surface area contributed by atoms with E-state index in [2.05, 4.69) is 10.7 Å². The zero-order valence-electron chi connectivity index (χ0n) is 3.14. The molecule has 0 aliphatic carbocycles. The molecule has 4 N–H and O–H groups in total. The second kappa shape index (κ2) is 4.32. The molecule has 0 amide bonds. The van der Waals surface area contributed by atoms with Crippen molar-refractivity contribution >= 4 is 0 Å². The Kier molecular flexibility index (Phi) is 3.83. The second-order valence-corrected chi connectivity index (χ2v) is 0.584. The van der Waals surface area contributed by atoms with Crippen molar-refractivity contribution in [2.24, 2.45) is 11.0 Å². The molecule has 0 radical (unpaired) electrons. The van der Waals surface area contributed by atoms with Gasteiger partial charge in [-0.2, -0.15) is 0 Å². The summed E-state index contributed by atoms with van der Waals surface area (Å²) in [6.45, 7) is 0.200. The van der Waals surface area contributed by atoms with Crippen LogP contribution in [-0.2, 0) is 0 Å². The third kappa shape index (κ3) is 3.32. The topological polar surface area (TPSA) is 79.5 Å². The van der Waals surface area contributed by atoms with E-state index < -0.39 is 0 Å². The van der Waals surface area contributed by atoms with Gasteiger partial charge < -0.3 is 5.73 Å². The summed E-state index contributed by atoms with van der Waals surface area (Å²) < 4.78 is 0. The summed E-state index contributed by atoms with van der Waals surface area (Å²) >= 11 is 0. The fourth-order valence-electron chi connectivity index (χ4n) is 0.0779. The highest BCUT2D eigenvalue weighted by molar-refractivity contribution is 4.18. The highest BCUT2D eigenvalue weighted by atomic mass is 16.3. The van der Waals surface area contributed by atoms with Crippen molar-refractivity contribution in [3.05, 3.63) is 4.91 Å². The van der Waals surface area contributed by atoms with Crippen molar-refractivity contribution in [3.63, 3.8) is 0 Å². The monoisotopic (exact) mass is 90.1 g/mol. The number of hydrazine groups is 1. The Hall–Kier alpha value is -0.680. The molecule has 0 unspecified atom stereocenters. The Labute approximate surface area is 34.8 Å². The lowest BCUT2D eigenvalue weighted by molar-refractivity contribution is 0.565. The van der Waals surface area contributed by atoms with Crippen LogP contribution < -0.4 is 16.7 Å². The minimum absolute atomic E-state index is 0.200. The van der Waals surface area contributed by atoms with Crippen molar-refractivity contribution < 1.29 is 0 Å². The number of nitrogens with one attached hydrogen (secondary N) is 2. The summed E-state index contributed by atoms with van der Waals surface area (Å²) in [5.74, 6) is 0. The molecule has 0 heterocycles. The first-order valence-corrected chi connectivity index (χ1v) is 1.42. The molecule has 5 nitrogen and oxygen atoms in total. The van der Waals surface area contributed by atoms with Gasteiger partial charge in [0.15, 0.2) is 0 Å². The zero-order valence-corrected chi connectivity index (χ0v) is 3.14.